The molecular formula is C15H14Br2OS. The summed E-state index contributed by atoms with van der Waals surface area (Å²) >= 11 is 8.34. The first kappa shape index (κ1) is 14.9. The van der Waals surface area contributed by atoms with E-state index in [0.29, 0.717) is 0 Å². The summed E-state index contributed by atoms with van der Waals surface area (Å²) in [5, 5.41) is 0. The Morgan fingerprint density at radius 2 is 1.53 bits per heavy atom. The second-order valence-electron chi connectivity index (χ2n) is 4.70. The van der Waals surface area contributed by atoms with Crippen LogP contribution in [-0.4, -0.2) is 5.78 Å². The van der Waals surface area contributed by atoms with Gasteiger partial charge in [0.05, 0.1) is 8.66 Å². The van der Waals surface area contributed by atoms with Crippen molar-refractivity contribution in [3.05, 3.63) is 53.1 Å². The Balaban J connectivity index is 2.62. The van der Waals surface area contributed by atoms with E-state index < -0.39 is 0 Å². The zero-order chi connectivity index (χ0) is 14.3. The molecule has 1 heterocycles. The molecule has 0 radical (unpaired) electrons. The number of aryl methyl sites for hydroxylation is 2. The molecule has 0 saturated carbocycles. The number of halogens is 2. The van der Waals surface area contributed by atoms with E-state index in [1.165, 1.54) is 22.5 Å². The van der Waals surface area contributed by atoms with E-state index in [1.54, 1.807) is 0 Å². The minimum absolute atomic E-state index is 0.109. The smallest absolute Gasteiger partial charge is 0.203 e. The van der Waals surface area contributed by atoms with Gasteiger partial charge in [0.2, 0.25) is 5.78 Å². The van der Waals surface area contributed by atoms with Crippen LogP contribution in [0, 0.1) is 27.7 Å². The standard InChI is InChI=1S/C15H14Br2OS/c1-7-5-8(2)10(4)13(9(7)3)14(18)12-6-11(16)15(17)19-12/h5-6H,1-4H3. The van der Waals surface area contributed by atoms with Crippen LogP contribution in [0.1, 0.15) is 37.5 Å². The predicted octanol–water partition coefficient (Wildman–Crippen LogP) is 5.74. The molecule has 1 nitrogen and oxygen atoms in total. The van der Waals surface area contributed by atoms with Crippen molar-refractivity contribution < 1.29 is 4.79 Å². The average Bonchev–Trinajstić information content (AvgIpc) is 2.67. The Labute approximate surface area is 134 Å². The molecule has 2 aromatic rings. The molecule has 0 N–H and O–H groups in total. The van der Waals surface area contributed by atoms with Gasteiger partial charge in [0.1, 0.15) is 0 Å². The molecule has 1 aromatic carbocycles. The molecule has 0 saturated heterocycles. The average molecular weight is 402 g/mol. The van der Waals surface area contributed by atoms with Crippen LogP contribution in [0.4, 0.5) is 0 Å². The number of carbonyl (C=O) groups is 1. The van der Waals surface area contributed by atoms with Gasteiger partial charge in [-0.3, -0.25) is 4.79 Å². The molecule has 0 unspecified atom stereocenters. The van der Waals surface area contributed by atoms with Crippen LogP contribution in [0.2, 0.25) is 0 Å². The first-order valence-corrected chi connectivity index (χ1v) is 8.30. The lowest BCUT2D eigenvalue weighted by Crippen LogP contribution is -2.07. The number of thiophene rings is 1. The molecular weight excluding hydrogens is 388 g/mol. The van der Waals surface area contributed by atoms with Crippen molar-refractivity contribution >= 4 is 49.0 Å². The maximum Gasteiger partial charge on any atom is 0.203 e. The van der Waals surface area contributed by atoms with Crippen molar-refractivity contribution in [2.45, 2.75) is 27.7 Å². The van der Waals surface area contributed by atoms with E-state index in [4.69, 9.17) is 0 Å². The van der Waals surface area contributed by atoms with E-state index >= 15 is 0 Å². The van der Waals surface area contributed by atoms with Crippen molar-refractivity contribution in [1.82, 2.24) is 0 Å². The fourth-order valence-corrected chi connectivity index (χ4v) is 4.12. The van der Waals surface area contributed by atoms with Gasteiger partial charge >= 0.3 is 0 Å². The molecule has 0 amide bonds. The molecule has 0 aliphatic rings. The second kappa shape index (κ2) is 5.51. The number of hydrogen-bond acceptors (Lipinski definition) is 2. The highest BCUT2D eigenvalue weighted by Crippen LogP contribution is 2.35. The summed E-state index contributed by atoms with van der Waals surface area (Å²) in [5.41, 5.74) is 5.34. The summed E-state index contributed by atoms with van der Waals surface area (Å²) in [4.78, 5) is 13.5. The van der Waals surface area contributed by atoms with Crippen LogP contribution >= 0.6 is 43.2 Å². The normalized spacial score (nSPS) is 10.8. The van der Waals surface area contributed by atoms with Crippen LogP contribution in [0.5, 0.6) is 0 Å². The van der Waals surface area contributed by atoms with Gasteiger partial charge in [-0.05, 0) is 87.9 Å². The lowest BCUT2D eigenvalue weighted by Gasteiger charge is -2.13. The minimum Gasteiger partial charge on any atom is -0.288 e. The monoisotopic (exact) mass is 400 g/mol. The molecule has 0 bridgehead atoms. The number of benzene rings is 1. The Morgan fingerprint density at radius 1 is 1.00 bits per heavy atom. The number of hydrogen-bond donors (Lipinski definition) is 0. The summed E-state index contributed by atoms with van der Waals surface area (Å²) in [7, 11) is 0. The van der Waals surface area contributed by atoms with Crippen molar-refractivity contribution in [3.63, 3.8) is 0 Å². The summed E-state index contributed by atoms with van der Waals surface area (Å²) in [5.74, 6) is 0.109. The molecule has 2 rings (SSSR count). The van der Waals surface area contributed by atoms with E-state index in [0.717, 1.165) is 29.8 Å². The van der Waals surface area contributed by atoms with Gasteiger partial charge in [-0.1, -0.05) is 6.07 Å². The van der Waals surface area contributed by atoms with E-state index in [2.05, 4.69) is 51.8 Å². The quantitative estimate of drug-likeness (QED) is 0.586. The highest BCUT2D eigenvalue weighted by molar-refractivity contribution is 9.13. The van der Waals surface area contributed by atoms with Crippen LogP contribution in [0.25, 0.3) is 0 Å². The number of ketones is 1. The van der Waals surface area contributed by atoms with Gasteiger partial charge in [-0.2, -0.15) is 0 Å². The molecule has 1 aromatic heterocycles. The fraction of sp³-hybridized carbons (Fsp3) is 0.267. The van der Waals surface area contributed by atoms with Gasteiger partial charge < -0.3 is 0 Å². The molecule has 4 heteroatoms. The maximum absolute atomic E-state index is 12.7. The third kappa shape index (κ3) is 2.71. The Morgan fingerprint density at radius 3 is 1.95 bits per heavy atom. The Bertz CT molecular complexity index is 626. The summed E-state index contributed by atoms with van der Waals surface area (Å²) in [6.45, 7) is 8.15. The van der Waals surface area contributed by atoms with Gasteiger partial charge in [0, 0.05) is 10.0 Å². The zero-order valence-electron chi connectivity index (χ0n) is 11.2. The topological polar surface area (TPSA) is 17.1 Å². The highest BCUT2D eigenvalue weighted by atomic mass is 79.9. The molecule has 100 valence electrons. The van der Waals surface area contributed by atoms with E-state index in [9.17, 15) is 4.79 Å². The molecule has 0 aliphatic carbocycles. The molecule has 0 spiro atoms. The second-order valence-corrected chi connectivity index (χ2v) is 7.92. The molecule has 0 fully saturated rings. The van der Waals surface area contributed by atoms with Crippen molar-refractivity contribution in [2.75, 3.05) is 0 Å². The summed E-state index contributed by atoms with van der Waals surface area (Å²) in [6.07, 6.45) is 0. The van der Waals surface area contributed by atoms with Crippen LogP contribution in [0.15, 0.2) is 20.4 Å². The van der Waals surface area contributed by atoms with Crippen molar-refractivity contribution in [3.8, 4) is 0 Å². The lowest BCUT2D eigenvalue weighted by atomic mass is 9.91. The highest BCUT2D eigenvalue weighted by Gasteiger charge is 2.20. The largest absolute Gasteiger partial charge is 0.288 e. The zero-order valence-corrected chi connectivity index (χ0v) is 15.2. The third-order valence-electron chi connectivity index (χ3n) is 3.46. The molecule has 0 atom stereocenters. The van der Waals surface area contributed by atoms with E-state index in [1.807, 2.05) is 19.9 Å². The summed E-state index contributed by atoms with van der Waals surface area (Å²) < 4.78 is 1.89. The Hall–Kier alpha value is -0.450. The van der Waals surface area contributed by atoms with Crippen molar-refractivity contribution in [1.29, 1.82) is 0 Å². The van der Waals surface area contributed by atoms with Crippen LogP contribution in [0.3, 0.4) is 0 Å². The van der Waals surface area contributed by atoms with E-state index in [-0.39, 0.29) is 5.78 Å². The van der Waals surface area contributed by atoms with Gasteiger partial charge in [-0.25, -0.2) is 0 Å². The summed E-state index contributed by atoms with van der Waals surface area (Å²) in [6, 6.07) is 4.02. The Kier molecular flexibility index (Phi) is 4.33. The fourth-order valence-electron chi connectivity index (χ4n) is 2.14. The first-order chi connectivity index (χ1) is 8.82. The van der Waals surface area contributed by atoms with Crippen LogP contribution in [-0.2, 0) is 0 Å². The lowest BCUT2D eigenvalue weighted by molar-refractivity contribution is 0.104. The number of rotatable bonds is 2. The number of carbonyl (C=O) groups excluding carboxylic acids is 1. The minimum atomic E-state index is 0.109. The first-order valence-electron chi connectivity index (χ1n) is 5.90. The molecule has 19 heavy (non-hydrogen) atoms. The van der Waals surface area contributed by atoms with Crippen molar-refractivity contribution in [2.24, 2.45) is 0 Å². The van der Waals surface area contributed by atoms with Gasteiger partial charge in [0.25, 0.3) is 0 Å². The van der Waals surface area contributed by atoms with Gasteiger partial charge in [0.15, 0.2) is 0 Å². The van der Waals surface area contributed by atoms with Gasteiger partial charge in [-0.15, -0.1) is 11.3 Å². The maximum atomic E-state index is 12.7. The molecule has 0 aliphatic heterocycles. The third-order valence-corrected chi connectivity index (χ3v) is 6.72. The SMILES string of the molecule is Cc1cc(C)c(C)c(C(=O)c2cc(Br)c(Br)s2)c1C. The predicted molar refractivity (Wildman–Crippen MR) is 88.5 cm³/mol. The van der Waals surface area contributed by atoms with Crippen LogP contribution < -0.4 is 0 Å².